The number of urea groups is 1. The number of aliphatic hydroxyl groups is 1. The molecule has 0 aliphatic heterocycles. The van der Waals surface area contributed by atoms with Gasteiger partial charge in [0.25, 0.3) is 0 Å². The van der Waals surface area contributed by atoms with E-state index in [1.807, 2.05) is 27.7 Å². The van der Waals surface area contributed by atoms with Crippen molar-refractivity contribution in [2.24, 2.45) is 5.92 Å². The van der Waals surface area contributed by atoms with E-state index in [0.29, 0.717) is 12.1 Å². The Labute approximate surface area is 138 Å². The molecule has 0 saturated heterocycles. The molecule has 0 aromatic heterocycles. The molecule has 23 heavy (non-hydrogen) atoms. The van der Waals surface area contributed by atoms with Crippen molar-refractivity contribution >= 4 is 6.03 Å². The highest BCUT2D eigenvalue weighted by atomic mass is 19.1. The third-order valence-electron chi connectivity index (χ3n) is 4.36. The third kappa shape index (κ3) is 5.82. The lowest BCUT2D eigenvalue weighted by Crippen LogP contribution is -2.45. The van der Waals surface area contributed by atoms with Crippen LogP contribution in [0.2, 0.25) is 0 Å². The fourth-order valence-corrected chi connectivity index (χ4v) is 2.67. The summed E-state index contributed by atoms with van der Waals surface area (Å²) in [4.78, 5) is 11.9. The summed E-state index contributed by atoms with van der Waals surface area (Å²) < 4.78 is 13.9. The van der Waals surface area contributed by atoms with E-state index in [2.05, 4.69) is 10.6 Å². The van der Waals surface area contributed by atoms with E-state index in [1.54, 1.807) is 18.2 Å². The van der Waals surface area contributed by atoms with E-state index >= 15 is 0 Å². The Kier molecular flexibility index (Phi) is 7.49. The summed E-state index contributed by atoms with van der Waals surface area (Å²) in [5.41, 5.74) is 0.0498. The van der Waals surface area contributed by atoms with Gasteiger partial charge in [0, 0.05) is 18.5 Å². The molecule has 1 unspecified atom stereocenters. The van der Waals surface area contributed by atoms with Gasteiger partial charge in [-0.1, -0.05) is 58.7 Å². The second kappa shape index (κ2) is 8.87. The zero-order valence-electron chi connectivity index (χ0n) is 14.5. The summed E-state index contributed by atoms with van der Waals surface area (Å²) >= 11 is 0. The SMILES string of the molecule is CCC(CC)C(O)CNC(=O)NCC(C)(C)c1ccccc1F. The number of hydrogen-bond acceptors (Lipinski definition) is 2. The molecule has 2 amide bonds. The van der Waals surface area contributed by atoms with Crippen LogP contribution in [-0.4, -0.2) is 30.3 Å². The molecule has 0 aliphatic rings. The van der Waals surface area contributed by atoms with Crippen molar-refractivity contribution in [1.82, 2.24) is 10.6 Å². The minimum atomic E-state index is -0.546. The van der Waals surface area contributed by atoms with Crippen molar-refractivity contribution in [1.29, 1.82) is 0 Å². The number of halogens is 1. The monoisotopic (exact) mass is 324 g/mol. The van der Waals surface area contributed by atoms with Gasteiger partial charge < -0.3 is 15.7 Å². The minimum absolute atomic E-state index is 0.185. The molecule has 0 aliphatic carbocycles. The molecular weight excluding hydrogens is 295 g/mol. The summed E-state index contributed by atoms with van der Waals surface area (Å²) in [7, 11) is 0. The van der Waals surface area contributed by atoms with Gasteiger partial charge in [-0.15, -0.1) is 0 Å². The molecule has 1 aromatic carbocycles. The van der Waals surface area contributed by atoms with Crippen molar-refractivity contribution in [2.45, 2.75) is 52.1 Å². The summed E-state index contributed by atoms with van der Waals surface area (Å²) in [6.07, 6.45) is 1.21. The number of nitrogens with one attached hydrogen (secondary N) is 2. The predicted octanol–water partition coefficient (Wildman–Crippen LogP) is 3.20. The molecule has 5 heteroatoms. The van der Waals surface area contributed by atoms with Crippen LogP contribution in [0.5, 0.6) is 0 Å². The molecule has 0 spiro atoms. The lowest BCUT2D eigenvalue weighted by Gasteiger charge is -2.26. The average Bonchev–Trinajstić information content (AvgIpc) is 2.52. The molecule has 1 atom stereocenters. The Hall–Kier alpha value is -1.62. The number of carbonyl (C=O) groups excluding carboxylic acids is 1. The van der Waals surface area contributed by atoms with Gasteiger partial charge in [-0.2, -0.15) is 0 Å². The molecule has 1 rings (SSSR count). The first-order chi connectivity index (χ1) is 10.8. The van der Waals surface area contributed by atoms with E-state index in [0.717, 1.165) is 12.8 Å². The van der Waals surface area contributed by atoms with Gasteiger partial charge in [0.05, 0.1) is 6.10 Å². The first-order valence-electron chi connectivity index (χ1n) is 8.26. The summed E-state index contributed by atoms with van der Waals surface area (Å²) in [5, 5.41) is 15.4. The van der Waals surface area contributed by atoms with Gasteiger partial charge in [0.1, 0.15) is 5.82 Å². The standard InChI is InChI=1S/C18H29FN2O2/c1-5-13(6-2)16(22)11-20-17(23)21-12-18(3,4)14-9-7-8-10-15(14)19/h7-10,13,16,22H,5-6,11-12H2,1-4H3,(H2,20,21,23). The number of aliphatic hydroxyl groups excluding tert-OH is 1. The third-order valence-corrected chi connectivity index (χ3v) is 4.36. The lowest BCUT2D eigenvalue weighted by molar-refractivity contribution is 0.103. The van der Waals surface area contributed by atoms with E-state index in [-0.39, 0.29) is 24.3 Å². The molecule has 0 radical (unpaired) electrons. The van der Waals surface area contributed by atoms with Crippen LogP contribution >= 0.6 is 0 Å². The molecule has 0 bridgehead atoms. The van der Waals surface area contributed by atoms with Gasteiger partial charge in [-0.3, -0.25) is 0 Å². The van der Waals surface area contributed by atoms with Crippen LogP contribution in [0.3, 0.4) is 0 Å². The van der Waals surface area contributed by atoms with Crippen LogP contribution in [0.4, 0.5) is 9.18 Å². The van der Waals surface area contributed by atoms with Crippen molar-refractivity contribution in [3.63, 3.8) is 0 Å². The fourth-order valence-electron chi connectivity index (χ4n) is 2.67. The van der Waals surface area contributed by atoms with Crippen LogP contribution in [0.25, 0.3) is 0 Å². The van der Waals surface area contributed by atoms with E-state index in [9.17, 15) is 14.3 Å². The Balaban J connectivity index is 2.48. The van der Waals surface area contributed by atoms with E-state index < -0.39 is 11.5 Å². The van der Waals surface area contributed by atoms with Crippen LogP contribution in [0, 0.1) is 11.7 Å². The second-order valence-electron chi connectivity index (χ2n) is 6.57. The molecular formula is C18H29FN2O2. The zero-order chi connectivity index (χ0) is 17.5. The Morgan fingerprint density at radius 2 is 1.83 bits per heavy atom. The highest BCUT2D eigenvalue weighted by Gasteiger charge is 2.24. The summed E-state index contributed by atoms with van der Waals surface area (Å²) in [6, 6.07) is 6.23. The van der Waals surface area contributed by atoms with Crippen LogP contribution in [0.1, 0.15) is 46.1 Å². The highest BCUT2D eigenvalue weighted by Crippen LogP contribution is 2.24. The maximum absolute atomic E-state index is 13.9. The molecule has 0 saturated carbocycles. The van der Waals surface area contributed by atoms with Crippen molar-refractivity contribution in [2.75, 3.05) is 13.1 Å². The lowest BCUT2D eigenvalue weighted by atomic mass is 9.84. The van der Waals surface area contributed by atoms with Crippen molar-refractivity contribution < 1.29 is 14.3 Å². The van der Waals surface area contributed by atoms with Crippen LogP contribution in [-0.2, 0) is 5.41 Å². The Bertz CT molecular complexity index is 502. The van der Waals surface area contributed by atoms with Gasteiger partial charge in [0.15, 0.2) is 0 Å². The van der Waals surface area contributed by atoms with Crippen LogP contribution < -0.4 is 10.6 Å². The normalized spacial score (nSPS) is 13.0. The van der Waals surface area contributed by atoms with Gasteiger partial charge in [-0.25, -0.2) is 9.18 Å². The molecule has 0 heterocycles. The van der Waals surface area contributed by atoms with E-state index in [4.69, 9.17) is 0 Å². The maximum Gasteiger partial charge on any atom is 0.314 e. The Morgan fingerprint density at radius 1 is 1.22 bits per heavy atom. The second-order valence-corrected chi connectivity index (χ2v) is 6.57. The average molecular weight is 324 g/mol. The van der Waals surface area contributed by atoms with Gasteiger partial charge >= 0.3 is 6.03 Å². The predicted molar refractivity (Wildman–Crippen MR) is 90.9 cm³/mol. The van der Waals surface area contributed by atoms with Crippen LogP contribution in [0.15, 0.2) is 24.3 Å². The van der Waals surface area contributed by atoms with E-state index in [1.165, 1.54) is 6.07 Å². The number of amides is 2. The van der Waals surface area contributed by atoms with Gasteiger partial charge in [-0.05, 0) is 17.5 Å². The molecule has 3 N–H and O–H groups in total. The van der Waals surface area contributed by atoms with Gasteiger partial charge in [0.2, 0.25) is 0 Å². The molecule has 1 aromatic rings. The van der Waals surface area contributed by atoms with Crippen molar-refractivity contribution in [3.05, 3.63) is 35.6 Å². The molecule has 4 nitrogen and oxygen atoms in total. The fraction of sp³-hybridized carbons (Fsp3) is 0.611. The largest absolute Gasteiger partial charge is 0.391 e. The first kappa shape index (κ1) is 19.4. The first-order valence-corrected chi connectivity index (χ1v) is 8.26. The quantitative estimate of drug-likeness (QED) is 0.688. The zero-order valence-corrected chi connectivity index (χ0v) is 14.5. The number of rotatable bonds is 8. The maximum atomic E-state index is 13.9. The summed E-state index contributed by atoms with van der Waals surface area (Å²) in [6.45, 7) is 8.33. The number of benzene rings is 1. The number of hydrogen-bond donors (Lipinski definition) is 3. The molecule has 130 valence electrons. The summed E-state index contributed by atoms with van der Waals surface area (Å²) in [5.74, 6) is -0.0889. The highest BCUT2D eigenvalue weighted by molar-refractivity contribution is 5.74. The van der Waals surface area contributed by atoms with Crippen molar-refractivity contribution in [3.8, 4) is 0 Å². The number of carbonyl (C=O) groups is 1. The minimum Gasteiger partial charge on any atom is -0.391 e. The molecule has 0 fully saturated rings. The Morgan fingerprint density at radius 3 is 2.39 bits per heavy atom. The smallest absolute Gasteiger partial charge is 0.314 e. The topological polar surface area (TPSA) is 61.4 Å².